The molecule has 178 valence electrons. The van der Waals surface area contributed by atoms with Gasteiger partial charge < -0.3 is 14.6 Å². The van der Waals surface area contributed by atoms with Gasteiger partial charge in [-0.25, -0.2) is 10.3 Å². The Kier molecular flexibility index (Phi) is 11.3. The van der Waals surface area contributed by atoms with Crippen LogP contribution in [0.1, 0.15) is 31.4 Å². The summed E-state index contributed by atoms with van der Waals surface area (Å²) in [4.78, 5) is 24.8. The van der Waals surface area contributed by atoms with E-state index in [1.807, 2.05) is 49.6 Å². The Morgan fingerprint density at radius 3 is 2.42 bits per heavy atom. The number of aliphatic hydroxyl groups is 1. The number of hydrogen-bond acceptors (Lipinski definition) is 7. The van der Waals surface area contributed by atoms with Gasteiger partial charge in [-0.3, -0.25) is 15.3 Å². The van der Waals surface area contributed by atoms with Crippen LogP contribution in [-0.4, -0.2) is 41.8 Å². The Labute approximate surface area is 197 Å². The molecular formula is C24H30N2O6S. The first-order valence-corrected chi connectivity index (χ1v) is 11.7. The molecule has 0 aliphatic rings. The summed E-state index contributed by atoms with van der Waals surface area (Å²) in [5, 5.41) is 20.2. The molecule has 33 heavy (non-hydrogen) atoms. The summed E-state index contributed by atoms with van der Waals surface area (Å²) >= 11 is 1.61. The smallest absolute Gasteiger partial charge is 0.412 e. The van der Waals surface area contributed by atoms with Gasteiger partial charge in [0.05, 0.1) is 6.61 Å². The molecule has 9 heteroatoms. The van der Waals surface area contributed by atoms with Crippen molar-refractivity contribution in [2.24, 2.45) is 5.92 Å². The minimum Gasteiger partial charge on any atom is -0.491 e. The number of hydrogen-bond donors (Lipinski definition) is 4. The number of amides is 2. The molecule has 0 aromatic heterocycles. The second-order valence-electron chi connectivity index (χ2n) is 7.25. The monoisotopic (exact) mass is 474 g/mol. The SMILES string of the molecule is CSc1ccc(NC(=O)O[C@@H](c2ccc(OCCO)cc2)[C@@H](C)CC/C=C/C(=O)NO)cc1. The van der Waals surface area contributed by atoms with Crippen molar-refractivity contribution in [3.05, 3.63) is 66.2 Å². The average Bonchev–Trinajstić information content (AvgIpc) is 2.84. The maximum absolute atomic E-state index is 12.6. The molecule has 0 saturated carbocycles. The van der Waals surface area contributed by atoms with Crippen molar-refractivity contribution >= 4 is 29.4 Å². The van der Waals surface area contributed by atoms with Crippen LogP contribution >= 0.6 is 11.8 Å². The molecular weight excluding hydrogens is 444 g/mol. The first-order chi connectivity index (χ1) is 16.0. The zero-order chi connectivity index (χ0) is 24.1. The Morgan fingerprint density at radius 2 is 1.82 bits per heavy atom. The number of allylic oxidation sites excluding steroid dienone is 1. The highest BCUT2D eigenvalue weighted by Gasteiger charge is 2.23. The van der Waals surface area contributed by atoms with Crippen molar-refractivity contribution in [1.82, 2.24) is 5.48 Å². The standard InChI is InChI=1S/C24H30N2O6S/c1-17(5-3-4-6-22(28)26-30)23(18-7-11-20(12-8-18)31-16-15-27)32-24(29)25-19-9-13-21(33-2)14-10-19/h4,6-14,17,23,27,30H,3,5,15-16H2,1-2H3,(H,25,29)(H,26,28)/b6-4+/t17-,23+/m0/s1. The van der Waals surface area contributed by atoms with Crippen molar-refractivity contribution < 1.29 is 29.4 Å². The van der Waals surface area contributed by atoms with Crippen molar-refractivity contribution in [3.8, 4) is 5.75 Å². The number of ether oxygens (including phenoxy) is 2. The van der Waals surface area contributed by atoms with Crippen LogP contribution in [0.25, 0.3) is 0 Å². The average molecular weight is 475 g/mol. The van der Waals surface area contributed by atoms with Gasteiger partial charge in [-0.15, -0.1) is 11.8 Å². The largest absolute Gasteiger partial charge is 0.491 e. The van der Waals surface area contributed by atoms with Crippen LogP contribution in [0.4, 0.5) is 10.5 Å². The lowest BCUT2D eigenvalue weighted by atomic mass is 9.93. The first kappa shape index (κ1) is 26.2. The summed E-state index contributed by atoms with van der Waals surface area (Å²) in [5.41, 5.74) is 2.98. The normalized spacial score (nSPS) is 12.7. The second-order valence-corrected chi connectivity index (χ2v) is 8.13. The summed E-state index contributed by atoms with van der Waals surface area (Å²) in [6.45, 7) is 2.08. The molecule has 0 radical (unpaired) electrons. The van der Waals surface area contributed by atoms with E-state index in [0.29, 0.717) is 24.3 Å². The van der Waals surface area contributed by atoms with Gasteiger partial charge in [-0.05, 0) is 67.0 Å². The highest BCUT2D eigenvalue weighted by Crippen LogP contribution is 2.31. The Morgan fingerprint density at radius 1 is 1.12 bits per heavy atom. The minimum atomic E-state index is -0.596. The molecule has 8 nitrogen and oxygen atoms in total. The van der Waals surface area contributed by atoms with E-state index in [9.17, 15) is 9.59 Å². The number of rotatable bonds is 12. The summed E-state index contributed by atoms with van der Waals surface area (Å²) in [6.07, 6.45) is 4.97. The number of nitrogens with one attached hydrogen (secondary N) is 2. The molecule has 0 aliphatic heterocycles. The molecule has 2 amide bonds. The zero-order valence-corrected chi connectivity index (χ0v) is 19.5. The molecule has 2 aromatic carbocycles. The van der Waals surface area contributed by atoms with Gasteiger partial charge in [-0.2, -0.15) is 0 Å². The van der Waals surface area contributed by atoms with Crippen LogP contribution in [-0.2, 0) is 9.53 Å². The van der Waals surface area contributed by atoms with E-state index in [-0.39, 0.29) is 19.1 Å². The number of aliphatic hydroxyl groups excluding tert-OH is 1. The predicted octanol–water partition coefficient (Wildman–Crippen LogP) is 4.55. The van der Waals surface area contributed by atoms with Gasteiger partial charge in [0.1, 0.15) is 18.5 Å². The summed E-state index contributed by atoms with van der Waals surface area (Å²) in [5.74, 6) is -0.0584. The van der Waals surface area contributed by atoms with Crippen LogP contribution in [0, 0.1) is 5.92 Å². The Balaban J connectivity index is 2.10. The molecule has 0 saturated heterocycles. The predicted molar refractivity (Wildman–Crippen MR) is 128 cm³/mol. The zero-order valence-electron chi connectivity index (χ0n) is 18.7. The molecule has 0 heterocycles. The molecule has 2 atom stereocenters. The van der Waals surface area contributed by atoms with Gasteiger partial charge in [0.25, 0.3) is 5.91 Å². The molecule has 0 unspecified atom stereocenters. The highest BCUT2D eigenvalue weighted by atomic mass is 32.2. The van der Waals surface area contributed by atoms with Gasteiger partial charge in [-0.1, -0.05) is 25.1 Å². The van der Waals surface area contributed by atoms with E-state index < -0.39 is 18.1 Å². The lowest BCUT2D eigenvalue weighted by Crippen LogP contribution is -2.22. The van der Waals surface area contributed by atoms with E-state index in [1.54, 1.807) is 35.5 Å². The fraction of sp³-hybridized carbons (Fsp3) is 0.333. The molecule has 0 bridgehead atoms. The number of thioether (sulfide) groups is 1. The van der Waals surface area contributed by atoms with Crippen LogP contribution in [0.2, 0.25) is 0 Å². The lowest BCUT2D eigenvalue weighted by Gasteiger charge is -2.25. The van der Waals surface area contributed by atoms with Gasteiger partial charge in [0.15, 0.2) is 0 Å². The molecule has 4 N–H and O–H groups in total. The van der Waals surface area contributed by atoms with Crippen LogP contribution < -0.4 is 15.5 Å². The number of anilines is 1. The maximum Gasteiger partial charge on any atom is 0.412 e. The van der Waals surface area contributed by atoms with E-state index in [0.717, 1.165) is 10.5 Å². The van der Waals surface area contributed by atoms with E-state index in [2.05, 4.69) is 5.32 Å². The fourth-order valence-corrected chi connectivity index (χ4v) is 3.51. The molecule has 2 aromatic rings. The molecule has 0 spiro atoms. The molecule has 0 fully saturated rings. The van der Waals surface area contributed by atoms with Crippen LogP contribution in [0.3, 0.4) is 0 Å². The third kappa shape index (κ3) is 9.17. The van der Waals surface area contributed by atoms with Crippen molar-refractivity contribution in [3.63, 3.8) is 0 Å². The number of carbonyl (C=O) groups is 2. The Hall–Kier alpha value is -3.01. The molecule has 2 rings (SSSR count). The van der Waals surface area contributed by atoms with Crippen molar-refractivity contribution in [2.75, 3.05) is 24.8 Å². The summed E-state index contributed by atoms with van der Waals surface area (Å²) < 4.78 is 11.2. The topological polar surface area (TPSA) is 117 Å². The third-order valence-electron chi connectivity index (χ3n) is 4.82. The fourth-order valence-electron chi connectivity index (χ4n) is 3.11. The quantitative estimate of drug-likeness (QED) is 0.154. The van der Waals surface area contributed by atoms with E-state index in [4.69, 9.17) is 19.8 Å². The van der Waals surface area contributed by atoms with Crippen LogP contribution in [0.15, 0.2) is 65.6 Å². The number of benzene rings is 2. The highest BCUT2D eigenvalue weighted by molar-refractivity contribution is 7.98. The van der Waals surface area contributed by atoms with Gasteiger partial charge in [0, 0.05) is 16.7 Å². The van der Waals surface area contributed by atoms with Crippen LogP contribution in [0.5, 0.6) is 5.75 Å². The first-order valence-electron chi connectivity index (χ1n) is 10.5. The number of carbonyl (C=O) groups excluding carboxylic acids is 2. The van der Waals surface area contributed by atoms with Crippen molar-refractivity contribution in [1.29, 1.82) is 0 Å². The van der Waals surface area contributed by atoms with Crippen molar-refractivity contribution in [2.45, 2.75) is 30.8 Å². The summed E-state index contributed by atoms with van der Waals surface area (Å²) in [7, 11) is 0. The summed E-state index contributed by atoms with van der Waals surface area (Å²) in [6, 6.07) is 14.6. The number of hydroxylamine groups is 1. The van der Waals surface area contributed by atoms with Gasteiger partial charge >= 0.3 is 6.09 Å². The van der Waals surface area contributed by atoms with E-state index in [1.165, 1.54) is 6.08 Å². The Bertz CT molecular complexity index is 902. The lowest BCUT2D eigenvalue weighted by molar-refractivity contribution is -0.124. The minimum absolute atomic E-state index is 0.0688. The van der Waals surface area contributed by atoms with E-state index >= 15 is 0 Å². The van der Waals surface area contributed by atoms with Gasteiger partial charge in [0.2, 0.25) is 0 Å². The second kappa shape index (κ2) is 14.2. The third-order valence-corrected chi connectivity index (χ3v) is 5.57. The molecule has 0 aliphatic carbocycles. The maximum atomic E-state index is 12.6.